The second-order valence-corrected chi connectivity index (χ2v) is 6.53. The Balaban J connectivity index is 1.51. The first-order valence-corrected chi connectivity index (χ1v) is 9.32. The predicted molar refractivity (Wildman–Crippen MR) is 108 cm³/mol. The maximum absolute atomic E-state index is 12.3. The number of ether oxygens (including phenoxy) is 2. The Morgan fingerprint density at radius 3 is 2.82 bits per heavy atom. The van der Waals surface area contributed by atoms with E-state index in [1.165, 1.54) is 0 Å². The summed E-state index contributed by atoms with van der Waals surface area (Å²) >= 11 is 0. The summed E-state index contributed by atoms with van der Waals surface area (Å²) in [7, 11) is 1.55. The van der Waals surface area contributed by atoms with Crippen molar-refractivity contribution in [2.45, 2.75) is 18.9 Å². The van der Waals surface area contributed by atoms with Gasteiger partial charge in [0.05, 0.1) is 25.4 Å². The monoisotopic (exact) mass is 383 g/mol. The molecule has 1 unspecified atom stereocenters. The molecular weight excluding hydrogens is 358 g/mol. The van der Waals surface area contributed by atoms with Gasteiger partial charge in [-0.05, 0) is 43.2 Å². The third-order valence-corrected chi connectivity index (χ3v) is 4.47. The quantitative estimate of drug-likeness (QED) is 0.652. The Morgan fingerprint density at radius 1 is 1.18 bits per heavy atom. The molecular formula is C21H25N3O4. The first kappa shape index (κ1) is 19.7. The standard InChI is InChI=1S/C21H25N3O4/c1-27-19-10-3-2-9-18(19)24-20(25)14-22-16-7-4-6-15(12-16)21(26)23-13-17-8-5-11-28-17/h2-4,6-7,9-10,12,17,22H,5,8,11,13-14H2,1H3,(H,23,26)(H,24,25). The molecule has 0 saturated carbocycles. The maximum Gasteiger partial charge on any atom is 0.251 e. The van der Waals surface area contributed by atoms with Crippen LogP contribution in [0.1, 0.15) is 23.2 Å². The minimum absolute atomic E-state index is 0.0685. The summed E-state index contributed by atoms with van der Waals surface area (Å²) in [6.45, 7) is 1.34. The van der Waals surface area contributed by atoms with Crippen LogP contribution in [-0.4, -0.2) is 44.7 Å². The molecule has 1 fully saturated rings. The van der Waals surface area contributed by atoms with E-state index in [0.717, 1.165) is 19.4 Å². The van der Waals surface area contributed by atoms with Gasteiger partial charge in [-0.3, -0.25) is 9.59 Å². The number of nitrogens with one attached hydrogen (secondary N) is 3. The third-order valence-electron chi connectivity index (χ3n) is 4.47. The van der Waals surface area contributed by atoms with Crippen LogP contribution < -0.4 is 20.7 Å². The van der Waals surface area contributed by atoms with Gasteiger partial charge in [-0.1, -0.05) is 18.2 Å². The lowest BCUT2D eigenvalue weighted by molar-refractivity contribution is -0.114. The Morgan fingerprint density at radius 2 is 2.04 bits per heavy atom. The van der Waals surface area contributed by atoms with Crippen LogP contribution in [0, 0.1) is 0 Å². The van der Waals surface area contributed by atoms with E-state index < -0.39 is 0 Å². The van der Waals surface area contributed by atoms with Crippen LogP contribution in [-0.2, 0) is 9.53 Å². The SMILES string of the molecule is COc1ccccc1NC(=O)CNc1cccc(C(=O)NCC2CCCO2)c1. The molecule has 1 atom stereocenters. The van der Waals surface area contributed by atoms with Gasteiger partial charge >= 0.3 is 0 Å². The number of hydrogen-bond acceptors (Lipinski definition) is 5. The predicted octanol–water partition coefficient (Wildman–Crippen LogP) is 2.65. The average molecular weight is 383 g/mol. The van der Waals surface area contributed by atoms with Crippen molar-refractivity contribution < 1.29 is 19.1 Å². The van der Waals surface area contributed by atoms with Crippen molar-refractivity contribution >= 4 is 23.2 Å². The van der Waals surface area contributed by atoms with Gasteiger partial charge < -0.3 is 25.4 Å². The normalized spacial score (nSPS) is 15.7. The molecule has 0 radical (unpaired) electrons. The highest BCUT2D eigenvalue weighted by Crippen LogP contribution is 2.22. The lowest BCUT2D eigenvalue weighted by atomic mass is 10.1. The van der Waals surface area contributed by atoms with Gasteiger partial charge in [-0.2, -0.15) is 0 Å². The minimum atomic E-state index is -0.210. The molecule has 1 aliphatic rings. The molecule has 2 aromatic carbocycles. The van der Waals surface area contributed by atoms with Crippen molar-refractivity contribution in [3.8, 4) is 5.75 Å². The van der Waals surface area contributed by atoms with Gasteiger partial charge in [-0.25, -0.2) is 0 Å². The summed E-state index contributed by atoms with van der Waals surface area (Å²) in [4.78, 5) is 24.5. The van der Waals surface area contributed by atoms with E-state index in [1.807, 2.05) is 18.2 Å². The Kier molecular flexibility index (Phi) is 6.86. The van der Waals surface area contributed by atoms with Crippen molar-refractivity contribution in [1.29, 1.82) is 0 Å². The molecule has 1 heterocycles. The van der Waals surface area contributed by atoms with Crippen LogP contribution in [0.3, 0.4) is 0 Å². The Hall–Kier alpha value is -3.06. The number of rotatable bonds is 8. The number of methoxy groups -OCH3 is 1. The largest absolute Gasteiger partial charge is 0.495 e. The van der Waals surface area contributed by atoms with Crippen molar-refractivity contribution in [1.82, 2.24) is 5.32 Å². The van der Waals surface area contributed by atoms with E-state index in [-0.39, 0.29) is 24.5 Å². The molecule has 7 heteroatoms. The van der Waals surface area contributed by atoms with Gasteiger partial charge in [-0.15, -0.1) is 0 Å². The molecule has 3 rings (SSSR count). The Labute approximate surface area is 164 Å². The fraction of sp³-hybridized carbons (Fsp3) is 0.333. The third kappa shape index (κ3) is 5.47. The fourth-order valence-electron chi connectivity index (χ4n) is 3.01. The highest BCUT2D eigenvalue weighted by molar-refractivity contribution is 5.96. The lowest BCUT2D eigenvalue weighted by Crippen LogP contribution is -2.31. The molecule has 1 aliphatic heterocycles. The second-order valence-electron chi connectivity index (χ2n) is 6.53. The van der Waals surface area contributed by atoms with Crippen molar-refractivity contribution in [2.75, 3.05) is 37.4 Å². The van der Waals surface area contributed by atoms with Crippen LogP contribution in [0.25, 0.3) is 0 Å². The zero-order valence-electron chi connectivity index (χ0n) is 15.9. The highest BCUT2D eigenvalue weighted by atomic mass is 16.5. The molecule has 148 valence electrons. The summed E-state index contributed by atoms with van der Waals surface area (Å²) in [6, 6.07) is 14.3. The molecule has 7 nitrogen and oxygen atoms in total. The van der Waals surface area contributed by atoms with Gasteiger partial charge in [0.25, 0.3) is 5.91 Å². The Bertz CT molecular complexity index is 819. The van der Waals surface area contributed by atoms with Crippen molar-refractivity contribution in [3.05, 3.63) is 54.1 Å². The second kappa shape index (κ2) is 9.75. The summed E-state index contributed by atoms with van der Waals surface area (Å²) < 4.78 is 10.7. The molecule has 0 spiro atoms. The number of benzene rings is 2. The lowest BCUT2D eigenvalue weighted by Gasteiger charge is -2.12. The van der Waals surface area contributed by atoms with E-state index in [4.69, 9.17) is 9.47 Å². The summed E-state index contributed by atoms with van der Waals surface area (Å²) in [5, 5.41) is 8.73. The number of anilines is 2. The summed E-state index contributed by atoms with van der Waals surface area (Å²) in [5.74, 6) is 0.233. The molecule has 28 heavy (non-hydrogen) atoms. The topological polar surface area (TPSA) is 88.7 Å². The molecule has 3 N–H and O–H groups in total. The molecule has 2 amide bonds. The van der Waals surface area contributed by atoms with E-state index in [1.54, 1.807) is 37.4 Å². The molecule has 0 aliphatic carbocycles. The smallest absolute Gasteiger partial charge is 0.251 e. The average Bonchev–Trinajstić information content (AvgIpc) is 3.25. The molecule has 0 bridgehead atoms. The zero-order valence-corrected chi connectivity index (χ0v) is 15.9. The number of para-hydroxylation sites is 2. The van der Waals surface area contributed by atoms with Crippen LogP contribution in [0.2, 0.25) is 0 Å². The van der Waals surface area contributed by atoms with Crippen molar-refractivity contribution in [3.63, 3.8) is 0 Å². The van der Waals surface area contributed by atoms with Crippen LogP contribution >= 0.6 is 0 Å². The number of hydrogen-bond donors (Lipinski definition) is 3. The molecule has 1 saturated heterocycles. The van der Waals surface area contributed by atoms with Gasteiger partial charge in [0.1, 0.15) is 5.75 Å². The van der Waals surface area contributed by atoms with Gasteiger partial charge in [0.2, 0.25) is 5.91 Å². The fourth-order valence-corrected chi connectivity index (χ4v) is 3.01. The van der Waals surface area contributed by atoms with Crippen molar-refractivity contribution in [2.24, 2.45) is 0 Å². The number of amides is 2. The van der Waals surface area contributed by atoms with E-state index in [0.29, 0.717) is 29.2 Å². The number of carbonyl (C=O) groups is 2. The van der Waals surface area contributed by atoms with Crippen LogP contribution in [0.15, 0.2) is 48.5 Å². The summed E-state index contributed by atoms with van der Waals surface area (Å²) in [5.41, 5.74) is 1.84. The molecule has 0 aromatic heterocycles. The van der Waals surface area contributed by atoms with E-state index >= 15 is 0 Å². The van der Waals surface area contributed by atoms with E-state index in [9.17, 15) is 9.59 Å². The van der Waals surface area contributed by atoms with E-state index in [2.05, 4.69) is 16.0 Å². The highest BCUT2D eigenvalue weighted by Gasteiger charge is 2.16. The van der Waals surface area contributed by atoms with Gasteiger partial charge in [0, 0.05) is 24.4 Å². The van der Waals surface area contributed by atoms with Crippen LogP contribution in [0.4, 0.5) is 11.4 Å². The first-order valence-electron chi connectivity index (χ1n) is 9.32. The summed E-state index contributed by atoms with van der Waals surface area (Å²) in [6.07, 6.45) is 2.11. The molecule has 2 aromatic rings. The van der Waals surface area contributed by atoms with Gasteiger partial charge in [0.15, 0.2) is 0 Å². The minimum Gasteiger partial charge on any atom is -0.495 e. The first-order chi connectivity index (χ1) is 13.7. The zero-order chi connectivity index (χ0) is 19.8. The maximum atomic E-state index is 12.3. The number of carbonyl (C=O) groups excluding carboxylic acids is 2. The van der Waals surface area contributed by atoms with Crippen LogP contribution in [0.5, 0.6) is 5.75 Å².